The Hall–Kier alpha value is -2.73. The van der Waals surface area contributed by atoms with E-state index in [2.05, 4.69) is 0 Å². The number of fused-ring (bicyclic) bond motifs is 1. The highest BCUT2D eigenvalue weighted by Crippen LogP contribution is 2.43. The molecule has 0 aliphatic carbocycles. The van der Waals surface area contributed by atoms with Crippen molar-refractivity contribution in [1.82, 2.24) is 0 Å². The van der Waals surface area contributed by atoms with Gasteiger partial charge >= 0.3 is 0 Å². The summed E-state index contributed by atoms with van der Waals surface area (Å²) in [6, 6.07) is 8.32. The van der Waals surface area contributed by atoms with Crippen LogP contribution in [0.25, 0.3) is 0 Å². The second kappa shape index (κ2) is 4.68. The van der Waals surface area contributed by atoms with E-state index in [0.29, 0.717) is 0 Å². The van der Waals surface area contributed by atoms with E-state index in [1.165, 1.54) is 18.2 Å². The van der Waals surface area contributed by atoms with Crippen LogP contribution in [0.2, 0.25) is 0 Å². The second-order valence-corrected chi connectivity index (χ2v) is 4.74. The maximum Gasteiger partial charge on any atom is 0.202 e. The van der Waals surface area contributed by atoms with Gasteiger partial charge in [0.1, 0.15) is 28.6 Å². The number of aliphatic hydroxyl groups excluding tert-OH is 1. The molecule has 2 aromatic carbocycles. The molecule has 0 saturated carbocycles. The quantitative estimate of drug-likeness (QED) is 0.633. The molecule has 3 rings (SSSR count). The van der Waals surface area contributed by atoms with Gasteiger partial charge in [-0.05, 0) is 6.07 Å². The summed E-state index contributed by atoms with van der Waals surface area (Å²) in [7, 11) is 0. The topological polar surface area (TPSA) is 107 Å². The minimum Gasteiger partial charge on any atom is -0.508 e. The van der Waals surface area contributed by atoms with Gasteiger partial charge < -0.3 is 25.2 Å². The van der Waals surface area contributed by atoms with Crippen LogP contribution in [-0.2, 0) is 0 Å². The number of benzene rings is 2. The molecule has 108 valence electrons. The SMILES string of the molecule is O=C1c2c(O)cc(O)cc2O[C@H](c2ccccc2O)[C@H]1O. The molecular formula is C15H12O6. The highest BCUT2D eigenvalue weighted by atomic mass is 16.5. The zero-order valence-electron chi connectivity index (χ0n) is 10.7. The maximum absolute atomic E-state index is 12.2. The van der Waals surface area contributed by atoms with Gasteiger partial charge in [-0.3, -0.25) is 4.79 Å². The molecule has 0 bridgehead atoms. The van der Waals surface area contributed by atoms with Crippen LogP contribution in [0.1, 0.15) is 22.0 Å². The smallest absolute Gasteiger partial charge is 0.202 e. The molecule has 0 radical (unpaired) electrons. The van der Waals surface area contributed by atoms with Crippen LogP contribution < -0.4 is 4.74 Å². The number of Topliss-reactive ketones (excluding diaryl/α,β-unsaturated/α-hetero) is 1. The van der Waals surface area contributed by atoms with Crippen molar-refractivity contribution in [3.63, 3.8) is 0 Å². The Morgan fingerprint density at radius 2 is 1.71 bits per heavy atom. The first-order valence-corrected chi connectivity index (χ1v) is 6.22. The van der Waals surface area contributed by atoms with Crippen molar-refractivity contribution in [1.29, 1.82) is 0 Å². The summed E-state index contributed by atoms with van der Waals surface area (Å²) in [5.41, 5.74) is 0.0544. The zero-order chi connectivity index (χ0) is 15.1. The minimum absolute atomic E-state index is 0.0453. The summed E-state index contributed by atoms with van der Waals surface area (Å²) < 4.78 is 5.49. The van der Waals surface area contributed by atoms with Crippen LogP contribution >= 0.6 is 0 Å². The highest BCUT2D eigenvalue weighted by Gasteiger charge is 2.40. The molecule has 2 aromatic rings. The van der Waals surface area contributed by atoms with E-state index >= 15 is 0 Å². The molecule has 0 saturated heterocycles. The predicted octanol–water partition coefficient (Wildman–Crippen LogP) is 1.48. The number of carbonyl (C=O) groups is 1. The first-order valence-electron chi connectivity index (χ1n) is 6.22. The van der Waals surface area contributed by atoms with E-state index in [-0.39, 0.29) is 28.4 Å². The van der Waals surface area contributed by atoms with Crippen molar-refractivity contribution in [3.8, 4) is 23.0 Å². The first-order chi connectivity index (χ1) is 9.99. The average molecular weight is 288 g/mol. The van der Waals surface area contributed by atoms with Crippen molar-refractivity contribution in [2.24, 2.45) is 0 Å². The molecule has 1 heterocycles. The number of carbonyl (C=O) groups excluding carboxylic acids is 1. The summed E-state index contributed by atoms with van der Waals surface area (Å²) in [4.78, 5) is 12.2. The summed E-state index contributed by atoms with van der Waals surface area (Å²) in [5.74, 6) is -1.64. The Kier molecular flexibility index (Phi) is 2.95. The van der Waals surface area contributed by atoms with Gasteiger partial charge in [0.25, 0.3) is 0 Å². The van der Waals surface area contributed by atoms with Gasteiger partial charge in [0, 0.05) is 17.7 Å². The number of ether oxygens (including phenoxy) is 1. The van der Waals surface area contributed by atoms with Gasteiger partial charge in [-0.2, -0.15) is 0 Å². The lowest BCUT2D eigenvalue weighted by molar-refractivity contribution is 0.0203. The number of hydrogen-bond donors (Lipinski definition) is 4. The summed E-state index contributed by atoms with van der Waals surface area (Å²) in [6.07, 6.45) is -2.69. The molecule has 0 unspecified atom stereocenters. The van der Waals surface area contributed by atoms with Crippen LogP contribution in [0, 0.1) is 0 Å². The lowest BCUT2D eigenvalue weighted by atomic mass is 9.92. The minimum atomic E-state index is -1.57. The molecule has 4 N–H and O–H groups in total. The van der Waals surface area contributed by atoms with Crippen molar-refractivity contribution in [2.45, 2.75) is 12.2 Å². The number of rotatable bonds is 1. The Morgan fingerprint density at radius 1 is 1.00 bits per heavy atom. The first kappa shape index (κ1) is 13.3. The number of hydrogen-bond acceptors (Lipinski definition) is 6. The fraction of sp³-hybridized carbons (Fsp3) is 0.133. The molecular weight excluding hydrogens is 276 g/mol. The molecule has 2 atom stereocenters. The molecule has 1 aliphatic heterocycles. The van der Waals surface area contributed by atoms with E-state index < -0.39 is 23.7 Å². The Bertz CT molecular complexity index is 724. The fourth-order valence-corrected chi connectivity index (χ4v) is 2.38. The van der Waals surface area contributed by atoms with Crippen molar-refractivity contribution in [3.05, 3.63) is 47.5 Å². The highest BCUT2D eigenvalue weighted by molar-refractivity contribution is 6.05. The van der Waals surface area contributed by atoms with Crippen molar-refractivity contribution >= 4 is 5.78 Å². The number of para-hydroxylation sites is 1. The van der Waals surface area contributed by atoms with E-state index in [1.54, 1.807) is 12.1 Å². The third kappa shape index (κ3) is 2.05. The van der Waals surface area contributed by atoms with E-state index in [4.69, 9.17) is 4.74 Å². The van der Waals surface area contributed by atoms with Crippen LogP contribution in [0.15, 0.2) is 36.4 Å². The Balaban J connectivity index is 2.12. The third-order valence-corrected chi connectivity index (χ3v) is 3.37. The van der Waals surface area contributed by atoms with Gasteiger partial charge in [0.2, 0.25) is 5.78 Å². The van der Waals surface area contributed by atoms with Gasteiger partial charge in [-0.25, -0.2) is 0 Å². The monoisotopic (exact) mass is 288 g/mol. The Morgan fingerprint density at radius 3 is 2.43 bits per heavy atom. The largest absolute Gasteiger partial charge is 0.508 e. The van der Waals surface area contributed by atoms with Crippen LogP contribution in [0.5, 0.6) is 23.0 Å². The van der Waals surface area contributed by atoms with Gasteiger partial charge in [-0.1, -0.05) is 18.2 Å². The zero-order valence-corrected chi connectivity index (χ0v) is 10.7. The molecule has 0 spiro atoms. The van der Waals surface area contributed by atoms with Crippen molar-refractivity contribution in [2.75, 3.05) is 0 Å². The molecule has 0 fully saturated rings. The molecule has 1 aliphatic rings. The third-order valence-electron chi connectivity index (χ3n) is 3.37. The van der Waals surface area contributed by atoms with E-state index in [9.17, 15) is 25.2 Å². The van der Waals surface area contributed by atoms with Gasteiger partial charge in [0.05, 0.1) is 0 Å². The van der Waals surface area contributed by atoms with Crippen LogP contribution in [0.4, 0.5) is 0 Å². The predicted molar refractivity (Wildman–Crippen MR) is 71.6 cm³/mol. The molecule has 21 heavy (non-hydrogen) atoms. The number of phenolic OH excluding ortho intramolecular Hbond substituents is 3. The van der Waals surface area contributed by atoms with Gasteiger partial charge in [-0.15, -0.1) is 0 Å². The molecule has 0 amide bonds. The number of aromatic hydroxyl groups is 3. The van der Waals surface area contributed by atoms with E-state index in [0.717, 1.165) is 6.07 Å². The summed E-state index contributed by atoms with van der Waals surface area (Å²) in [6.45, 7) is 0. The molecule has 6 heteroatoms. The van der Waals surface area contributed by atoms with Crippen LogP contribution in [-0.4, -0.2) is 32.3 Å². The van der Waals surface area contributed by atoms with Crippen LogP contribution in [0.3, 0.4) is 0 Å². The fourth-order valence-electron chi connectivity index (χ4n) is 2.38. The number of ketones is 1. The Labute approximate surface area is 119 Å². The summed E-state index contributed by atoms with van der Waals surface area (Å²) in [5, 5.41) is 39.1. The van der Waals surface area contributed by atoms with Crippen molar-refractivity contribution < 1.29 is 30.0 Å². The maximum atomic E-state index is 12.2. The average Bonchev–Trinajstić information content (AvgIpc) is 2.43. The normalized spacial score (nSPS) is 20.7. The lowest BCUT2D eigenvalue weighted by Gasteiger charge is -2.30. The standard InChI is InChI=1S/C15H12O6/c16-7-5-10(18)12-11(6-7)21-15(14(20)13(12)19)8-3-1-2-4-9(8)17/h1-6,14-18,20H/t14-,15+/m0/s1. The summed E-state index contributed by atoms with van der Waals surface area (Å²) >= 11 is 0. The number of aliphatic hydroxyl groups is 1. The molecule has 6 nitrogen and oxygen atoms in total. The van der Waals surface area contributed by atoms with E-state index in [1.807, 2.05) is 0 Å². The molecule has 0 aromatic heterocycles. The van der Waals surface area contributed by atoms with Gasteiger partial charge in [0.15, 0.2) is 12.2 Å². The second-order valence-electron chi connectivity index (χ2n) is 4.74. The lowest BCUT2D eigenvalue weighted by Crippen LogP contribution is -2.36. The number of phenols is 3.